The molecule has 3 aromatic rings. The summed E-state index contributed by atoms with van der Waals surface area (Å²) in [6.07, 6.45) is 2.16. The van der Waals surface area contributed by atoms with Crippen LogP contribution in [0.5, 0.6) is 5.75 Å². The molecule has 4 rings (SSSR count). The van der Waals surface area contributed by atoms with Gasteiger partial charge in [0.1, 0.15) is 5.75 Å². The van der Waals surface area contributed by atoms with Crippen molar-refractivity contribution in [3.8, 4) is 5.75 Å². The van der Waals surface area contributed by atoms with Crippen LogP contribution in [0.1, 0.15) is 24.5 Å². The van der Waals surface area contributed by atoms with Crippen LogP contribution in [0.3, 0.4) is 0 Å². The Balaban J connectivity index is 1.57. The Hall–Kier alpha value is -2.52. The molecule has 4 heteroatoms. The summed E-state index contributed by atoms with van der Waals surface area (Å²) in [7, 11) is 0. The molecule has 0 heterocycles. The van der Waals surface area contributed by atoms with Crippen molar-refractivity contribution in [2.24, 2.45) is 0 Å². The van der Waals surface area contributed by atoms with E-state index in [2.05, 4.69) is 29.6 Å². The summed E-state index contributed by atoms with van der Waals surface area (Å²) < 4.78 is 5.85. The molecule has 0 aliphatic heterocycles. The van der Waals surface area contributed by atoms with E-state index in [9.17, 15) is 4.79 Å². The largest absolute Gasteiger partial charge is 0.481 e. The van der Waals surface area contributed by atoms with Crippen molar-refractivity contribution >= 4 is 34.0 Å². The lowest BCUT2D eigenvalue weighted by Gasteiger charge is -2.18. The molecular weight excluding hydrogens is 346 g/mol. The minimum atomic E-state index is -0.556. The van der Waals surface area contributed by atoms with Gasteiger partial charge in [0, 0.05) is 16.1 Å². The highest BCUT2D eigenvalue weighted by atomic mass is 35.5. The SMILES string of the molecule is CCC(Oc1ccc(Cl)cc1)C(=O)Nc1ccc2c3c(cccc13)CC2. The number of aryl methyl sites for hydroxylation is 2. The highest BCUT2D eigenvalue weighted by Crippen LogP contribution is 2.35. The first kappa shape index (κ1) is 16.9. The van der Waals surface area contributed by atoms with Crippen molar-refractivity contribution in [2.45, 2.75) is 32.3 Å². The van der Waals surface area contributed by atoms with Crippen LogP contribution in [0.15, 0.2) is 54.6 Å². The molecule has 1 unspecified atom stereocenters. The number of carbonyl (C=O) groups excluding carboxylic acids is 1. The van der Waals surface area contributed by atoms with E-state index >= 15 is 0 Å². The average Bonchev–Trinajstić information content (AvgIpc) is 3.08. The summed E-state index contributed by atoms with van der Waals surface area (Å²) in [5.41, 5.74) is 3.56. The third-order valence-electron chi connectivity index (χ3n) is 4.89. The zero-order chi connectivity index (χ0) is 18.1. The molecule has 1 atom stereocenters. The van der Waals surface area contributed by atoms with Gasteiger partial charge in [-0.1, -0.05) is 42.8 Å². The summed E-state index contributed by atoms with van der Waals surface area (Å²) >= 11 is 5.90. The Morgan fingerprint density at radius 2 is 1.81 bits per heavy atom. The van der Waals surface area contributed by atoms with Gasteiger partial charge in [-0.2, -0.15) is 0 Å². The maximum atomic E-state index is 12.8. The number of carbonyl (C=O) groups is 1. The molecule has 1 amide bonds. The fraction of sp³-hybridized carbons (Fsp3) is 0.227. The molecule has 0 saturated carbocycles. The number of anilines is 1. The number of hydrogen-bond donors (Lipinski definition) is 1. The van der Waals surface area contributed by atoms with Crippen molar-refractivity contribution < 1.29 is 9.53 Å². The number of nitrogens with one attached hydrogen (secondary N) is 1. The van der Waals surface area contributed by atoms with Crippen molar-refractivity contribution in [3.63, 3.8) is 0 Å². The van der Waals surface area contributed by atoms with Crippen LogP contribution in [-0.2, 0) is 17.6 Å². The maximum absolute atomic E-state index is 12.8. The van der Waals surface area contributed by atoms with Gasteiger partial charge in [0.2, 0.25) is 0 Å². The first-order chi connectivity index (χ1) is 12.7. The standard InChI is InChI=1S/C22H20ClNO2/c1-2-20(26-17-11-9-16(23)10-12-17)22(25)24-19-13-8-15-7-6-14-4-3-5-18(19)21(14)15/h3-5,8-13,20H,2,6-7H2,1H3,(H,24,25). The molecule has 0 spiro atoms. The predicted octanol–water partition coefficient (Wildman–Crippen LogP) is 5.39. The Kier molecular flexibility index (Phi) is 4.56. The van der Waals surface area contributed by atoms with Crippen LogP contribution >= 0.6 is 11.6 Å². The third-order valence-corrected chi connectivity index (χ3v) is 5.14. The molecule has 1 N–H and O–H groups in total. The topological polar surface area (TPSA) is 38.3 Å². The van der Waals surface area contributed by atoms with Gasteiger partial charge in [-0.25, -0.2) is 0 Å². The van der Waals surface area contributed by atoms with E-state index in [1.54, 1.807) is 24.3 Å². The minimum absolute atomic E-state index is 0.138. The zero-order valence-corrected chi connectivity index (χ0v) is 15.3. The number of rotatable bonds is 5. The van der Waals surface area contributed by atoms with Crippen molar-refractivity contribution in [2.75, 3.05) is 5.32 Å². The minimum Gasteiger partial charge on any atom is -0.481 e. The fourth-order valence-electron chi connectivity index (χ4n) is 3.57. The van der Waals surface area contributed by atoms with E-state index < -0.39 is 6.10 Å². The Morgan fingerprint density at radius 3 is 2.54 bits per heavy atom. The molecule has 3 aromatic carbocycles. The van der Waals surface area contributed by atoms with Gasteiger partial charge in [0.05, 0.1) is 0 Å². The lowest BCUT2D eigenvalue weighted by atomic mass is 10.0. The molecule has 0 radical (unpaired) electrons. The fourth-order valence-corrected chi connectivity index (χ4v) is 3.69. The molecular formula is C22H20ClNO2. The monoisotopic (exact) mass is 365 g/mol. The Bertz CT molecular complexity index is 956. The second-order valence-corrected chi connectivity index (χ2v) is 7.01. The Labute approximate surface area is 157 Å². The molecule has 1 aliphatic rings. The second-order valence-electron chi connectivity index (χ2n) is 6.57. The first-order valence-corrected chi connectivity index (χ1v) is 9.30. The molecule has 0 bridgehead atoms. The quantitative estimate of drug-likeness (QED) is 0.658. The predicted molar refractivity (Wildman–Crippen MR) is 106 cm³/mol. The van der Waals surface area contributed by atoms with Crippen LogP contribution in [0.4, 0.5) is 5.69 Å². The average molecular weight is 366 g/mol. The van der Waals surface area contributed by atoms with Gasteiger partial charge in [-0.15, -0.1) is 0 Å². The lowest BCUT2D eigenvalue weighted by molar-refractivity contribution is -0.122. The second kappa shape index (κ2) is 7.00. The van der Waals surface area contributed by atoms with E-state index in [0.717, 1.165) is 23.9 Å². The van der Waals surface area contributed by atoms with E-state index in [-0.39, 0.29) is 5.91 Å². The van der Waals surface area contributed by atoms with Gasteiger partial charge >= 0.3 is 0 Å². The van der Waals surface area contributed by atoms with Gasteiger partial charge in [0.25, 0.3) is 5.91 Å². The zero-order valence-electron chi connectivity index (χ0n) is 14.6. The van der Waals surface area contributed by atoms with Crippen LogP contribution in [0.2, 0.25) is 5.02 Å². The van der Waals surface area contributed by atoms with E-state index in [0.29, 0.717) is 17.2 Å². The van der Waals surface area contributed by atoms with E-state index in [1.165, 1.54) is 16.5 Å². The van der Waals surface area contributed by atoms with Gasteiger partial charge in [-0.05, 0) is 66.1 Å². The summed E-state index contributed by atoms with van der Waals surface area (Å²) in [5.74, 6) is 0.498. The molecule has 132 valence electrons. The normalized spacial score (nSPS) is 13.6. The summed E-state index contributed by atoms with van der Waals surface area (Å²) in [5, 5.41) is 6.09. The lowest BCUT2D eigenvalue weighted by Crippen LogP contribution is -2.32. The first-order valence-electron chi connectivity index (χ1n) is 8.92. The van der Waals surface area contributed by atoms with Gasteiger partial charge in [-0.3, -0.25) is 4.79 Å². The van der Waals surface area contributed by atoms with Crippen LogP contribution < -0.4 is 10.1 Å². The third kappa shape index (κ3) is 3.15. The highest BCUT2D eigenvalue weighted by Gasteiger charge is 2.21. The number of hydrogen-bond acceptors (Lipinski definition) is 2. The van der Waals surface area contributed by atoms with Crippen LogP contribution in [0, 0.1) is 0 Å². The Morgan fingerprint density at radius 1 is 1.08 bits per heavy atom. The summed E-state index contributed by atoms with van der Waals surface area (Å²) in [4.78, 5) is 12.8. The molecule has 0 aromatic heterocycles. The summed E-state index contributed by atoms with van der Waals surface area (Å²) in [6.45, 7) is 1.94. The molecule has 26 heavy (non-hydrogen) atoms. The number of halogens is 1. The number of ether oxygens (including phenoxy) is 1. The van der Waals surface area contributed by atoms with Crippen molar-refractivity contribution in [1.29, 1.82) is 0 Å². The number of benzene rings is 3. The van der Waals surface area contributed by atoms with Crippen LogP contribution in [0.25, 0.3) is 10.8 Å². The number of amides is 1. The molecule has 0 saturated heterocycles. The summed E-state index contributed by atoms with van der Waals surface area (Å²) in [6, 6.07) is 17.5. The van der Waals surface area contributed by atoms with E-state index in [1.807, 2.05) is 13.0 Å². The van der Waals surface area contributed by atoms with Gasteiger partial charge < -0.3 is 10.1 Å². The van der Waals surface area contributed by atoms with Gasteiger partial charge in [0.15, 0.2) is 6.10 Å². The molecule has 3 nitrogen and oxygen atoms in total. The maximum Gasteiger partial charge on any atom is 0.265 e. The van der Waals surface area contributed by atoms with E-state index in [4.69, 9.17) is 16.3 Å². The molecule has 1 aliphatic carbocycles. The smallest absolute Gasteiger partial charge is 0.265 e. The van der Waals surface area contributed by atoms with Crippen molar-refractivity contribution in [3.05, 3.63) is 70.7 Å². The van der Waals surface area contributed by atoms with Crippen molar-refractivity contribution in [1.82, 2.24) is 0 Å². The molecule has 0 fully saturated rings. The van der Waals surface area contributed by atoms with Crippen LogP contribution in [-0.4, -0.2) is 12.0 Å². The highest BCUT2D eigenvalue weighted by molar-refractivity contribution is 6.30.